The van der Waals surface area contributed by atoms with Crippen molar-refractivity contribution in [2.45, 2.75) is 52.1 Å². The maximum absolute atomic E-state index is 12.4. The molecule has 2 aromatic rings. The van der Waals surface area contributed by atoms with Gasteiger partial charge in [-0.25, -0.2) is 9.78 Å². The molecule has 2 aromatic heterocycles. The van der Waals surface area contributed by atoms with Crippen LogP contribution in [0.3, 0.4) is 0 Å². The number of carbonyl (C=O) groups excluding carboxylic acids is 2. The SMILES string of the molecule is CCOC(=O)c1c(CC(C)C)csc1NC(=O)CSc1n[nH]c(C(C)C)n1. The van der Waals surface area contributed by atoms with E-state index in [2.05, 4.69) is 34.3 Å². The highest BCUT2D eigenvalue weighted by Gasteiger charge is 2.22. The van der Waals surface area contributed by atoms with Gasteiger partial charge in [-0.15, -0.1) is 16.4 Å². The number of nitrogens with one attached hydrogen (secondary N) is 2. The Morgan fingerprint density at radius 3 is 2.67 bits per heavy atom. The Kier molecular flexibility index (Phi) is 7.85. The molecule has 148 valence electrons. The van der Waals surface area contributed by atoms with E-state index in [1.54, 1.807) is 6.92 Å². The average Bonchev–Trinajstić information content (AvgIpc) is 3.20. The zero-order chi connectivity index (χ0) is 20.0. The van der Waals surface area contributed by atoms with Gasteiger partial charge in [0.15, 0.2) is 0 Å². The van der Waals surface area contributed by atoms with E-state index < -0.39 is 5.97 Å². The molecule has 0 radical (unpaired) electrons. The molecule has 0 aliphatic carbocycles. The summed E-state index contributed by atoms with van der Waals surface area (Å²) < 4.78 is 5.17. The maximum Gasteiger partial charge on any atom is 0.341 e. The number of hydrogen-bond donors (Lipinski definition) is 2. The van der Waals surface area contributed by atoms with Crippen LogP contribution in [0.2, 0.25) is 0 Å². The molecule has 0 atom stereocenters. The Morgan fingerprint density at radius 1 is 1.33 bits per heavy atom. The number of H-pyrrole nitrogens is 1. The van der Waals surface area contributed by atoms with Gasteiger partial charge in [0.05, 0.1) is 17.9 Å². The molecule has 2 N–H and O–H groups in total. The van der Waals surface area contributed by atoms with E-state index in [0.717, 1.165) is 17.8 Å². The van der Waals surface area contributed by atoms with Crippen molar-refractivity contribution in [2.75, 3.05) is 17.7 Å². The van der Waals surface area contributed by atoms with Crippen LogP contribution in [0.25, 0.3) is 0 Å². The molecule has 0 saturated carbocycles. The minimum absolute atomic E-state index is 0.162. The number of amides is 1. The zero-order valence-corrected chi connectivity index (χ0v) is 17.9. The van der Waals surface area contributed by atoms with Crippen LogP contribution in [0.4, 0.5) is 5.00 Å². The van der Waals surface area contributed by atoms with Crippen LogP contribution in [0.5, 0.6) is 0 Å². The third kappa shape index (κ3) is 6.07. The third-order valence-corrected chi connectivity index (χ3v) is 5.38. The number of carbonyl (C=O) groups is 2. The summed E-state index contributed by atoms with van der Waals surface area (Å²) >= 11 is 2.60. The summed E-state index contributed by atoms with van der Waals surface area (Å²) in [5, 5.41) is 12.8. The maximum atomic E-state index is 12.4. The van der Waals surface area contributed by atoms with Gasteiger partial charge in [0, 0.05) is 5.92 Å². The number of thioether (sulfide) groups is 1. The van der Waals surface area contributed by atoms with E-state index in [1.807, 2.05) is 19.2 Å². The molecular weight excluding hydrogens is 384 g/mol. The van der Waals surface area contributed by atoms with Gasteiger partial charge in [0.25, 0.3) is 0 Å². The number of hydrogen-bond acceptors (Lipinski definition) is 7. The molecule has 9 heteroatoms. The molecular formula is C18H26N4O3S2. The van der Waals surface area contributed by atoms with Crippen molar-refractivity contribution in [3.05, 3.63) is 22.3 Å². The second kappa shape index (κ2) is 9.89. The average molecular weight is 411 g/mol. The Labute approximate surface area is 167 Å². The summed E-state index contributed by atoms with van der Waals surface area (Å²) in [7, 11) is 0. The fraction of sp³-hybridized carbons (Fsp3) is 0.556. The summed E-state index contributed by atoms with van der Waals surface area (Å²) in [6.45, 7) is 10.3. The molecule has 1 amide bonds. The van der Waals surface area contributed by atoms with Crippen molar-refractivity contribution in [2.24, 2.45) is 5.92 Å². The number of aromatic nitrogens is 3. The van der Waals surface area contributed by atoms with Crippen LogP contribution in [0.15, 0.2) is 10.5 Å². The minimum atomic E-state index is -0.395. The first-order valence-electron chi connectivity index (χ1n) is 8.94. The molecule has 7 nitrogen and oxygen atoms in total. The summed E-state index contributed by atoms with van der Waals surface area (Å²) in [6, 6.07) is 0. The number of ether oxygens (including phenoxy) is 1. The van der Waals surface area contributed by atoms with Crippen LogP contribution in [-0.2, 0) is 16.0 Å². The molecule has 2 heterocycles. The highest BCUT2D eigenvalue weighted by molar-refractivity contribution is 7.99. The molecule has 0 saturated heterocycles. The predicted octanol–water partition coefficient (Wildman–Crippen LogP) is 4.10. The quantitative estimate of drug-likeness (QED) is 0.477. The van der Waals surface area contributed by atoms with Gasteiger partial charge in [-0.3, -0.25) is 9.89 Å². The van der Waals surface area contributed by atoms with Crippen molar-refractivity contribution >= 4 is 40.0 Å². The van der Waals surface area contributed by atoms with Crippen LogP contribution >= 0.6 is 23.1 Å². The van der Waals surface area contributed by atoms with Crippen molar-refractivity contribution < 1.29 is 14.3 Å². The van der Waals surface area contributed by atoms with E-state index in [-0.39, 0.29) is 17.6 Å². The minimum Gasteiger partial charge on any atom is -0.462 e. The molecule has 0 fully saturated rings. The summed E-state index contributed by atoms with van der Waals surface area (Å²) in [6.07, 6.45) is 0.754. The third-order valence-electron chi connectivity index (χ3n) is 3.59. The zero-order valence-electron chi connectivity index (χ0n) is 16.3. The molecule has 0 spiro atoms. The lowest BCUT2D eigenvalue weighted by Crippen LogP contribution is -2.17. The van der Waals surface area contributed by atoms with E-state index in [1.165, 1.54) is 23.1 Å². The number of thiophene rings is 1. The van der Waals surface area contributed by atoms with Crippen molar-refractivity contribution in [1.82, 2.24) is 15.2 Å². The smallest absolute Gasteiger partial charge is 0.341 e. The van der Waals surface area contributed by atoms with Gasteiger partial charge >= 0.3 is 5.97 Å². The normalized spacial score (nSPS) is 11.2. The van der Waals surface area contributed by atoms with E-state index in [4.69, 9.17) is 4.74 Å². The second-order valence-corrected chi connectivity index (χ2v) is 8.60. The summed E-state index contributed by atoms with van der Waals surface area (Å²) in [5.41, 5.74) is 1.38. The molecule has 0 bridgehead atoms. The van der Waals surface area contributed by atoms with E-state index in [0.29, 0.717) is 28.2 Å². The van der Waals surface area contributed by atoms with Crippen LogP contribution < -0.4 is 5.32 Å². The van der Waals surface area contributed by atoms with Gasteiger partial charge in [0.2, 0.25) is 11.1 Å². The van der Waals surface area contributed by atoms with Crippen molar-refractivity contribution in [3.8, 4) is 0 Å². The molecule has 0 aliphatic heterocycles. The second-order valence-electron chi connectivity index (χ2n) is 6.78. The first-order valence-corrected chi connectivity index (χ1v) is 10.8. The van der Waals surface area contributed by atoms with Gasteiger partial charge in [-0.05, 0) is 30.2 Å². The first kappa shape index (κ1) is 21.4. The molecule has 2 rings (SSSR count). The van der Waals surface area contributed by atoms with Crippen LogP contribution in [-0.4, -0.2) is 39.4 Å². The van der Waals surface area contributed by atoms with Gasteiger partial charge in [-0.2, -0.15) is 0 Å². The van der Waals surface area contributed by atoms with Crippen LogP contribution in [0.1, 0.15) is 62.3 Å². The fourth-order valence-electron chi connectivity index (χ4n) is 2.38. The highest BCUT2D eigenvalue weighted by Crippen LogP contribution is 2.31. The predicted molar refractivity (Wildman–Crippen MR) is 109 cm³/mol. The van der Waals surface area contributed by atoms with Gasteiger partial charge in [0.1, 0.15) is 10.8 Å². The van der Waals surface area contributed by atoms with Crippen molar-refractivity contribution in [1.29, 1.82) is 0 Å². The lowest BCUT2D eigenvalue weighted by Gasteiger charge is -2.09. The summed E-state index contributed by atoms with van der Waals surface area (Å²) in [5.74, 6) is 0.993. The molecule has 0 unspecified atom stereocenters. The first-order chi connectivity index (χ1) is 12.8. The monoisotopic (exact) mass is 410 g/mol. The van der Waals surface area contributed by atoms with Gasteiger partial charge < -0.3 is 10.1 Å². The Bertz CT molecular complexity index is 783. The molecule has 0 aromatic carbocycles. The van der Waals surface area contributed by atoms with Crippen molar-refractivity contribution in [3.63, 3.8) is 0 Å². The number of rotatable bonds is 9. The largest absolute Gasteiger partial charge is 0.462 e. The molecule has 0 aliphatic rings. The standard InChI is InChI=1S/C18H26N4O3S2/c1-6-25-17(24)14-12(7-10(2)3)8-26-16(14)19-13(23)9-27-18-20-15(11(4)5)21-22-18/h8,10-11H,6-7,9H2,1-5H3,(H,19,23)(H,20,21,22). The summed E-state index contributed by atoms with van der Waals surface area (Å²) in [4.78, 5) is 29.0. The Hall–Kier alpha value is -1.87. The van der Waals surface area contributed by atoms with E-state index >= 15 is 0 Å². The highest BCUT2D eigenvalue weighted by atomic mass is 32.2. The topological polar surface area (TPSA) is 97.0 Å². The Morgan fingerprint density at radius 2 is 2.07 bits per heavy atom. The lowest BCUT2D eigenvalue weighted by atomic mass is 10.0. The Balaban J connectivity index is 2.05. The van der Waals surface area contributed by atoms with Crippen LogP contribution in [0, 0.1) is 5.92 Å². The lowest BCUT2D eigenvalue weighted by molar-refractivity contribution is -0.113. The molecule has 27 heavy (non-hydrogen) atoms. The number of nitrogens with zero attached hydrogens (tertiary/aromatic N) is 2. The van der Waals surface area contributed by atoms with Gasteiger partial charge in [-0.1, -0.05) is 39.5 Å². The number of esters is 1. The number of anilines is 1. The fourth-order valence-corrected chi connectivity index (χ4v) is 3.96. The van der Waals surface area contributed by atoms with E-state index in [9.17, 15) is 9.59 Å². The number of aromatic amines is 1.